The molecular formula is C16H16F2N2O3S2. The number of amides is 1. The molecule has 5 nitrogen and oxygen atoms in total. The minimum atomic E-state index is -3.95. The molecule has 0 aliphatic heterocycles. The molecule has 0 atom stereocenters. The SMILES string of the molecule is CSc1cccc(NC(=O)CN(c2ccc(F)cc2F)S(C)(=O)=O)c1. The number of sulfonamides is 1. The molecule has 1 amide bonds. The number of hydrogen-bond donors (Lipinski definition) is 1. The number of benzene rings is 2. The largest absolute Gasteiger partial charge is 0.324 e. The fourth-order valence-electron chi connectivity index (χ4n) is 2.10. The number of carbonyl (C=O) groups excluding carboxylic acids is 1. The van der Waals surface area contributed by atoms with Crippen LogP contribution in [0.15, 0.2) is 47.4 Å². The Morgan fingerprint density at radius 3 is 2.52 bits per heavy atom. The molecule has 2 rings (SSSR count). The highest BCUT2D eigenvalue weighted by Gasteiger charge is 2.24. The summed E-state index contributed by atoms with van der Waals surface area (Å²) in [6.45, 7) is -0.634. The summed E-state index contributed by atoms with van der Waals surface area (Å²) in [4.78, 5) is 13.1. The predicted octanol–water partition coefficient (Wildman–Crippen LogP) is 3.09. The van der Waals surface area contributed by atoms with Crippen molar-refractivity contribution in [2.45, 2.75) is 4.90 Å². The number of rotatable bonds is 6. The smallest absolute Gasteiger partial charge is 0.245 e. The van der Waals surface area contributed by atoms with Gasteiger partial charge in [0.25, 0.3) is 0 Å². The van der Waals surface area contributed by atoms with Crippen LogP contribution in [0.25, 0.3) is 0 Å². The van der Waals surface area contributed by atoms with E-state index in [-0.39, 0.29) is 0 Å². The first-order valence-corrected chi connectivity index (χ1v) is 10.1. The van der Waals surface area contributed by atoms with E-state index in [1.807, 2.05) is 12.3 Å². The lowest BCUT2D eigenvalue weighted by atomic mass is 10.3. The number of hydrogen-bond acceptors (Lipinski definition) is 4. The van der Waals surface area contributed by atoms with Crippen LogP contribution in [0.1, 0.15) is 0 Å². The third-order valence-corrected chi connectivity index (χ3v) is 5.07. The maximum atomic E-state index is 13.9. The van der Waals surface area contributed by atoms with Crippen molar-refractivity contribution in [2.24, 2.45) is 0 Å². The normalized spacial score (nSPS) is 11.2. The van der Waals surface area contributed by atoms with Gasteiger partial charge < -0.3 is 5.32 Å². The van der Waals surface area contributed by atoms with Crippen molar-refractivity contribution < 1.29 is 22.0 Å². The molecule has 134 valence electrons. The fraction of sp³-hybridized carbons (Fsp3) is 0.188. The van der Waals surface area contributed by atoms with Gasteiger partial charge in [-0.25, -0.2) is 17.2 Å². The van der Waals surface area contributed by atoms with Gasteiger partial charge in [-0.3, -0.25) is 9.10 Å². The van der Waals surface area contributed by atoms with Crippen LogP contribution < -0.4 is 9.62 Å². The average molecular weight is 386 g/mol. The van der Waals surface area contributed by atoms with Crippen LogP contribution in [-0.2, 0) is 14.8 Å². The first-order valence-electron chi connectivity index (χ1n) is 7.07. The van der Waals surface area contributed by atoms with Crippen molar-refractivity contribution in [3.05, 3.63) is 54.1 Å². The first-order chi connectivity index (χ1) is 11.7. The highest BCUT2D eigenvalue weighted by Crippen LogP contribution is 2.23. The quantitative estimate of drug-likeness (QED) is 0.775. The zero-order valence-corrected chi connectivity index (χ0v) is 15.1. The van der Waals surface area contributed by atoms with E-state index in [1.165, 1.54) is 11.8 Å². The Labute approximate surface area is 149 Å². The third kappa shape index (κ3) is 5.17. The van der Waals surface area contributed by atoms with Gasteiger partial charge in [0.15, 0.2) is 0 Å². The van der Waals surface area contributed by atoms with E-state index < -0.39 is 39.8 Å². The molecule has 9 heteroatoms. The highest BCUT2D eigenvalue weighted by molar-refractivity contribution is 7.98. The Kier molecular flexibility index (Phi) is 6.02. The van der Waals surface area contributed by atoms with E-state index >= 15 is 0 Å². The molecule has 0 bridgehead atoms. The van der Waals surface area contributed by atoms with Gasteiger partial charge in [-0.05, 0) is 36.6 Å². The highest BCUT2D eigenvalue weighted by atomic mass is 32.2. The van der Waals surface area contributed by atoms with E-state index in [2.05, 4.69) is 5.32 Å². The summed E-state index contributed by atoms with van der Waals surface area (Å²) in [7, 11) is -3.95. The van der Waals surface area contributed by atoms with Crippen molar-refractivity contribution in [1.29, 1.82) is 0 Å². The van der Waals surface area contributed by atoms with Crippen molar-refractivity contribution >= 4 is 39.1 Å². The second-order valence-corrected chi connectivity index (χ2v) is 7.93. The first kappa shape index (κ1) is 19.2. The van der Waals surface area contributed by atoms with Crippen LogP contribution in [-0.4, -0.2) is 33.4 Å². The van der Waals surface area contributed by atoms with Gasteiger partial charge in [0.1, 0.15) is 18.2 Å². The number of halogens is 2. The van der Waals surface area contributed by atoms with Crippen molar-refractivity contribution in [3.8, 4) is 0 Å². The lowest BCUT2D eigenvalue weighted by molar-refractivity contribution is -0.114. The molecule has 1 N–H and O–H groups in total. The molecule has 0 unspecified atom stereocenters. The van der Waals surface area contributed by atoms with Gasteiger partial charge in [0.2, 0.25) is 15.9 Å². The molecule has 0 aromatic heterocycles. The Bertz CT molecular complexity index is 889. The summed E-state index contributed by atoms with van der Waals surface area (Å²) < 4.78 is 51.4. The summed E-state index contributed by atoms with van der Waals surface area (Å²) in [5.74, 6) is -2.55. The monoisotopic (exact) mass is 386 g/mol. The summed E-state index contributed by atoms with van der Waals surface area (Å²) in [6.07, 6.45) is 2.72. The standard InChI is InChI=1S/C16H16F2N2O3S2/c1-24-13-5-3-4-12(9-13)19-16(21)10-20(25(2,22)23)15-7-6-11(17)8-14(15)18/h3-9H,10H2,1-2H3,(H,19,21). The van der Waals surface area contributed by atoms with Gasteiger partial charge >= 0.3 is 0 Å². The maximum absolute atomic E-state index is 13.9. The van der Waals surface area contributed by atoms with E-state index in [1.54, 1.807) is 18.2 Å². The number of carbonyl (C=O) groups is 1. The van der Waals surface area contributed by atoms with Crippen LogP contribution in [0.2, 0.25) is 0 Å². The van der Waals surface area contributed by atoms with Crippen LogP contribution >= 0.6 is 11.8 Å². The lowest BCUT2D eigenvalue weighted by Gasteiger charge is -2.22. The van der Waals surface area contributed by atoms with E-state index in [9.17, 15) is 22.0 Å². The predicted molar refractivity (Wildman–Crippen MR) is 95.4 cm³/mol. The molecule has 0 heterocycles. The van der Waals surface area contributed by atoms with Crippen molar-refractivity contribution in [2.75, 3.05) is 28.7 Å². The number of anilines is 2. The molecule has 2 aromatic carbocycles. The van der Waals surface area contributed by atoms with Crippen LogP contribution in [0, 0.1) is 11.6 Å². The number of nitrogens with one attached hydrogen (secondary N) is 1. The summed E-state index contributed by atoms with van der Waals surface area (Å²) in [6, 6.07) is 9.45. The van der Waals surface area contributed by atoms with E-state index in [0.717, 1.165) is 23.3 Å². The summed E-state index contributed by atoms with van der Waals surface area (Å²) >= 11 is 1.49. The second-order valence-electron chi connectivity index (χ2n) is 5.15. The van der Waals surface area contributed by atoms with Gasteiger partial charge in [-0.1, -0.05) is 6.07 Å². The molecular weight excluding hydrogens is 370 g/mol. The number of nitrogens with zero attached hydrogens (tertiary/aromatic N) is 1. The fourth-order valence-corrected chi connectivity index (χ4v) is 3.41. The molecule has 0 saturated heterocycles. The zero-order valence-electron chi connectivity index (χ0n) is 13.5. The molecule has 0 radical (unpaired) electrons. The maximum Gasteiger partial charge on any atom is 0.245 e. The summed E-state index contributed by atoms with van der Waals surface area (Å²) in [5, 5.41) is 2.56. The van der Waals surface area contributed by atoms with Crippen LogP contribution in [0.4, 0.5) is 20.2 Å². The van der Waals surface area contributed by atoms with E-state index in [0.29, 0.717) is 16.1 Å². The molecule has 0 aliphatic rings. The molecule has 0 saturated carbocycles. The molecule has 2 aromatic rings. The van der Waals surface area contributed by atoms with Crippen LogP contribution in [0.3, 0.4) is 0 Å². The van der Waals surface area contributed by atoms with Crippen molar-refractivity contribution in [3.63, 3.8) is 0 Å². The van der Waals surface area contributed by atoms with E-state index in [4.69, 9.17) is 0 Å². The van der Waals surface area contributed by atoms with Gasteiger partial charge in [-0.15, -0.1) is 11.8 Å². The van der Waals surface area contributed by atoms with Gasteiger partial charge in [0.05, 0.1) is 11.9 Å². The minimum absolute atomic E-state index is 0.392. The molecule has 0 aliphatic carbocycles. The molecule has 0 fully saturated rings. The average Bonchev–Trinajstić information content (AvgIpc) is 2.52. The third-order valence-electron chi connectivity index (χ3n) is 3.22. The Balaban J connectivity index is 2.24. The lowest BCUT2D eigenvalue weighted by Crippen LogP contribution is -2.38. The zero-order chi connectivity index (χ0) is 18.6. The Hall–Kier alpha value is -2.13. The van der Waals surface area contributed by atoms with Gasteiger partial charge in [0, 0.05) is 16.6 Å². The van der Waals surface area contributed by atoms with Crippen molar-refractivity contribution in [1.82, 2.24) is 0 Å². The van der Waals surface area contributed by atoms with Gasteiger partial charge in [-0.2, -0.15) is 0 Å². The minimum Gasteiger partial charge on any atom is -0.324 e. The molecule has 25 heavy (non-hydrogen) atoms. The Morgan fingerprint density at radius 1 is 1.20 bits per heavy atom. The number of thioether (sulfide) groups is 1. The Morgan fingerprint density at radius 2 is 1.92 bits per heavy atom. The summed E-state index contributed by atoms with van der Waals surface area (Å²) in [5.41, 5.74) is 0.0989. The topological polar surface area (TPSA) is 66.5 Å². The molecule has 0 spiro atoms. The van der Waals surface area contributed by atoms with Crippen LogP contribution in [0.5, 0.6) is 0 Å². The second kappa shape index (κ2) is 7.83.